The van der Waals surface area contributed by atoms with Crippen molar-refractivity contribution in [1.29, 1.82) is 0 Å². The van der Waals surface area contributed by atoms with Gasteiger partial charge in [0, 0.05) is 24.6 Å². The molecule has 0 unspecified atom stereocenters. The number of nitrogens with zero attached hydrogens (tertiary/aromatic N) is 2. The molecule has 1 aromatic heterocycles. The van der Waals surface area contributed by atoms with Gasteiger partial charge in [0.05, 0.1) is 12.1 Å². The Labute approximate surface area is 122 Å². The van der Waals surface area contributed by atoms with Gasteiger partial charge in [-0.05, 0) is 25.0 Å². The number of aromatic nitrogens is 2. The number of primary amides is 1. The van der Waals surface area contributed by atoms with Crippen molar-refractivity contribution in [2.45, 2.75) is 25.8 Å². The molecule has 0 radical (unpaired) electrons. The third kappa shape index (κ3) is 1.71. The minimum Gasteiger partial charge on any atom is -0.491 e. The second-order valence-corrected chi connectivity index (χ2v) is 6.12. The molecular formula is C15H18N4O2. The molecule has 1 fully saturated rings. The lowest BCUT2D eigenvalue weighted by molar-refractivity contribution is 0.0479. The predicted octanol–water partition coefficient (Wildman–Crippen LogP) is 1.74. The monoisotopic (exact) mass is 286 g/mol. The topological polar surface area (TPSA) is 82.2 Å². The molecule has 2 aromatic rings. The van der Waals surface area contributed by atoms with E-state index in [1.807, 2.05) is 7.05 Å². The Morgan fingerprint density at radius 3 is 2.90 bits per heavy atom. The Morgan fingerprint density at radius 1 is 1.48 bits per heavy atom. The molecule has 4 rings (SSSR count). The molecule has 6 nitrogen and oxygen atoms in total. The first-order valence-corrected chi connectivity index (χ1v) is 7.27. The Bertz CT molecular complexity index is 746. The van der Waals surface area contributed by atoms with Crippen LogP contribution in [0.3, 0.4) is 0 Å². The van der Waals surface area contributed by atoms with Crippen LogP contribution in [-0.4, -0.2) is 29.1 Å². The SMILES string of the molecule is CNc1nc2cc(C(N)=O)cc3c2n1CC1(CCC1)CO3. The maximum absolute atomic E-state index is 11.5. The fourth-order valence-electron chi connectivity index (χ4n) is 3.42. The molecule has 0 bridgehead atoms. The summed E-state index contributed by atoms with van der Waals surface area (Å²) in [6, 6.07) is 3.47. The molecule has 2 heterocycles. The summed E-state index contributed by atoms with van der Waals surface area (Å²) in [6.45, 7) is 1.59. The van der Waals surface area contributed by atoms with Gasteiger partial charge in [0.2, 0.25) is 11.9 Å². The molecule has 21 heavy (non-hydrogen) atoms. The first-order chi connectivity index (χ1) is 10.1. The number of benzene rings is 1. The number of rotatable bonds is 2. The average Bonchev–Trinajstić information content (AvgIpc) is 2.67. The van der Waals surface area contributed by atoms with Gasteiger partial charge >= 0.3 is 0 Å². The summed E-state index contributed by atoms with van der Waals surface area (Å²) in [5, 5.41) is 3.14. The van der Waals surface area contributed by atoms with E-state index < -0.39 is 5.91 Å². The van der Waals surface area contributed by atoms with Crippen LogP contribution in [0.2, 0.25) is 0 Å². The summed E-state index contributed by atoms with van der Waals surface area (Å²) < 4.78 is 8.21. The number of hydrogen-bond donors (Lipinski definition) is 2. The molecule has 1 spiro atoms. The fraction of sp³-hybridized carbons (Fsp3) is 0.467. The molecule has 3 N–H and O–H groups in total. The molecule has 1 aliphatic heterocycles. The number of ether oxygens (including phenoxy) is 1. The van der Waals surface area contributed by atoms with Gasteiger partial charge in [-0.3, -0.25) is 4.79 Å². The Morgan fingerprint density at radius 2 is 2.29 bits per heavy atom. The average molecular weight is 286 g/mol. The number of carbonyl (C=O) groups excluding carboxylic acids is 1. The molecular weight excluding hydrogens is 268 g/mol. The molecule has 1 aliphatic carbocycles. The summed E-state index contributed by atoms with van der Waals surface area (Å²) in [5.74, 6) is 1.06. The van der Waals surface area contributed by atoms with Crippen LogP contribution in [0.4, 0.5) is 5.95 Å². The minimum absolute atomic E-state index is 0.200. The van der Waals surface area contributed by atoms with Gasteiger partial charge in [-0.25, -0.2) is 4.98 Å². The second-order valence-electron chi connectivity index (χ2n) is 6.12. The van der Waals surface area contributed by atoms with Gasteiger partial charge in [-0.1, -0.05) is 6.42 Å². The highest BCUT2D eigenvalue weighted by atomic mass is 16.5. The van der Waals surface area contributed by atoms with Crippen LogP contribution < -0.4 is 15.8 Å². The van der Waals surface area contributed by atoms with Gasteiger partial charge in [0.15, 0.2) is 0 Å². The van der Waals surface area contributed by atoms with Crippen LogP contribution in [0.15, 0.2) is 12.1 Å². The van der Waals surface area contributed by atoms with Crippen LogP contribution in [-0.2, 0) is 6.54 Å². The van der Waals surface area contributed by atoms with Gasteiger partial charge in [-0.2, -0.15) is 0 Å². The summed E-state index contributed by atoms with van der Waals surface area (Å²) in [7, 11) is 1.86. The van der Waals surface area contributed by atoms with Crippen LogP contribution in [0.25, 0.3) is 11.0 Å². The standard InChI is InChI=1S/C15H18N4O2/c1-17-14-18-10-5-9(13(16)20)6-11-12(10)19(14)7-15(8-21-11)3-2-4-15/h5-6H,2-4,7-8H2,1H3,(H2,16,20)(H,17,18). The summed E-state index contributed by atoms with van der Waals surface area (Å²) in [5.41, 5.74) is 7.75. The van der Waals surface area contributed by atoms with Gasteiger partial charge in [0.25, 0.3) is 0 Å². The van der Waals surface area contributed by atoms with E-state index in [2.05, 4.69) is 14.9 Å². The largest absolute Gasteiger partial charge is 0.491 e. The van der Waals surface area contributed by atoms with E-state index in [0.717, 1.165) is 23.5 Å². The molecule has 1 saturated carbocycles. The van der Waals surface area contributed by atoms with Crippen molar-refractivity contribution in [3.8, 4) is 5.75 Å². The Hall–Kier alpha value is -2.24. The van der Waals surface area contributed by atoms with Crippen LogP contribution in [0.5, 0.6) is 5.75 Å². The number of anilines is 1. The first kappa shape index (κ1) is 12.5. The summed E-state index contributed by atoms with van der Waals surface area (Å²) in [4.78, 5) is 16.1. The Kier molecular flexibility index (Phi) is 2.46. The zero-order valence-electron chi connectivity index (χ0n) is 12.0. The number of hydrogen-bond acceptors (Lipinski definition) is 4. The number of carbonyl (C=O) groups is 1. The number of amides is 1. The maximum Gasteiger partial charge on any atom is 0.248 e. The quantitative estimate of drug-likeness (QED) is 0.881. The van der Waals surface area contributed by atoms with Gasteiger partial charge < -0.3 is 20.4 Å². The Balaban J connectivity index is 1.95. The molecule has 6 heteroatoms. The highest BCUT2D eigenvalue weighted by Crippen LogP contribution is 2.47. The van der Waals surface area contributed by atoms with Crippen molar-refractivity contribution in [2.75, 3.05) is 19.0 Å². The van der Waals surface area contributed by atoms with E-state index in [-0.39, 0.29) is 5.41 Å². The van der Waals surface area contributed by atoms with Crippen molar-refractivity contribution in [1.82, 2.24) is 9.55 Å². The van der Waals surface area contributed by atoms with Crippen molar-refractivity contribution < 1.29 is 9.53 Å². The van der Waals surface area contributed by atoms with Crippen LogP contribution >= 0.6 is 0 Å². The van der Waals surface area contributed by atoms with E-state index in [1.54, 1.807) is 12.1 Å². The van der Waals surface area contributed by atoms with E-state index in [0.29, 0.717) is 17.9 Å². The third-order valence-corrected chi connectivity index (χ3v) is 4.76. The van der Waals surface area contributed by atoms with Gasteiger partial charge in [0.1, 0.15) is 11.3 Å². The van der Waals surface area contributed by atoms with Crippen molar-refractivity contribution in [3.05, 3.63) is 17.7 Å². The van der Waals surface area contributed by atoms with Crippen molar-refractivity contribution in [2.24, 2.45) is 11.1 Å². The van der Waals surface area contributed by atoms with Crippen molar-refractivity contribution in [3.63, 3.8) is 0 Å². The van der Waals surface area contributed by atoms with E-state index in [4.69, 9.17) is 10.5 Å². The smallest absolute Gasteiger partial charge is 0.248 e. The van der Waals surface area contributed by atoms with Gasteiger partial charge in [-0.15, -0.1) is 0 Å². The second kappa shape index (κ2) is 4.13. The summed E-state index contributed by atoms with van der Waals surface area (Å²) >= 11 is 0. The minimum atomic E-state index is -0.458. The maximum atomic E-state index is 11.5. The molecule has 110 valence electrons. The molecule has 1 amide bonds. The van der Waals surface area contributed by atoms with Crippen LogP contribution in [0, 0.1) is 5.41 Å². The predicted molar refractivity (Wildman–Crippen MR) is 79.6 cm³/mol. The van der Waals surface area contributed by atoms with Crippen LogP contribution in [0.1, 0.15) is 29.6 Å². The number of nitrogens with one attached hydrogen (secondary N) is 1. The number of imidazole rings is 1. The van der Waals surface area contributed by atoms with Crippen molar-refractivity contribution >= 4 is 22.9 Å². The fourth-order valence-corrected chi connectivity index (χ4v) is 3.42. The first-order valence-electron chi connectivity index (χ1n) is 7.27. The molecule has 0 atom stereocenters. The lowest BCUT2D eigenvalue weighted by atomic mass is 9.69. The molecule has 1 aromatic carbocycles. The highest BCUT2D eigenvalue weighted by Gasteiger charge is 2.41. The lowest BCUT2D eigenvalue weighted by Crippen LogP contribution is -2.38. The zero-order chi connectivity index (χ0) is 14.6. The third-order valence-electron chi connectivity index (χ3n) is 4.76. The lowest BCUT2D eigenvalue weighted by Gasteiger charge is -2.40. The molecule has 2 aliphatic rings. The van der Waals surface area contributed by atoms with E-state index in [1.165, 1.54) is 19.3 Å². The number of nitrogens with two attached hydrogens (primary N) is 1. The summed E-state index contributed by atoms with van der Waals surface area (Å²) in [6.07, 6.45) is 3.60. The zero-order valence-corrected chi connectivity index (χ0v) is 12.0. The highest BCUT2D eigenvalue weighted by molar-refractivity contribution is 5.98. The normalized spacial score (nSPS) is 18.9. The van der Waals surface area contributed by atoms with E-state index >= 15 is 0 Å². The molecule has 0 saturated heterocycles. The van der Waals surface area contributed by atoms with E-state index in [9.17, 15) is 4.79 Å².